The van der Waals surface area contributed by atoms with E-state index >= 15 is 0 Å². The fraction of sp³-hybridized carbons (Fsp3) is 0.500. The molecule has 1 aliphatic rings. The quantitative estimate of drug-likeness (QED) is 0.464. The molecule has 0 aliphatic carbocycles. The summed E-state index contributed by atoms with van der Waals surface area (Å²) < 4.78 is 4.89. The fourth-order valence-corrected chi connectivity index (χ4v) is 0.788. The van der Waals surface area contributed by atoms with Crippen LogP contribution in [0, 0.1) is 0 Å². The van der Waals surface area contributed by atoms with Crippen molar-refractivity contribution in [2.75, 3.05) is 13.7 Å². The number of rotatable bonds is 0. The van der Waals surface area contributed by atoms with Crippen LogP contribution in [0.2, 0.25) is 0 Å². The summed E-state index contributed by atoms with van der Waals surface area (Å²) in [7, 11) is 1.80. The van der Waals surface area contributed by atoms with Crippen LogP contribution in [0.1, 0.15) is 0 Å². The number of hydrogen-bond donors (Lipinski definition) is 0. The van der Waals surface area contributed by atoms with E-state index in [4.69, 9.17) is 29.2 Å². The predicted octanol–water partition coefficient (Wildman–Crippen LogP) is 0.561. The van der Waals surface area contributed by atoms with Crippen LogP contribution in [0.3, 0.4) is 0 Å². The van der Waals surface area contributed by atoms with Gasteiger partial charge in [-0.2, -0.15) is 0 Å². The van der Waals surface area contributed by atoms with Gasteiger partial charge in [0.2, 0.25) is 0 Å². The first-order valence-corrected chi connectivity index (χ1v) is 2.97. The van der Waals surface area contributed by atoms with Gasteiger partial charge in [-0.25, -0.2) is 0 Å². The van der Waals surface area contributed by atoms with E-state index in [9.17, 15) is 0 Å². The second-order valence-electron chi connectivity index (χ2n) is 1.51. The SMILES string of the molecule is CN1C(=S)COC1=S. The first-order chi connectivity index (χ1) is 3.72. The zero-order valence-corrected chi connectivity index (χ0v) is 6.01. The van der Waals surface area contributed by atoms with Crippen LogP contribution < -0.4 is 0 Å². The Kier molecular flexibility index (Phi) is 1.44. The highest BCUT2D eigenvalue weighted by Crippen LogP contribution is 2.02. The van der Waals surface area contributed by atoms with Crippen LogP contribution in [0.25, 0.3) is 0 Å². The predicted molar refractivity (Wildman–Crippen MR) is 38.9 cm³/mol. The summed E-state index contributed by atoms with van der Waals surface area (Å²) in [4.78, 5) is 2.44. The highest BCUT2D eigenvalue weighted by molar-refractivity contribution is 7.82. The van der Waals surface area contributed by atoms with E-state index < -0.39 is 0 Å². The van der Waals surface area contributed by atoms with Crippen LogP contribution in [0.4, 0.5) is 0 Å². The van der Waals surface area contributed by atoms with Crippen molar-refractivity contribution in [2.45, 2.75) is 0 Å². The maximum Gasteiger partial charge on any atom is 0.264 e. The van der Waals surface area contributed by atoms with Gasteiger partial charge >= 0.3 is 0 Å². The first-order valence-electron chi connectivity index (χ1n) is 2.15. The highest BCUT2D eigenvalue weighted by atomic mass is 32.1. The van der Waals surface area contributed by atoms with Crippen molar-refractivity contribution in [1.82, 2.24) is 4.90 Å². The standard InChI is InChI=1S/C4H5NOS2/c1-5-3(7)2-6-4(5)8/h2H2,1H3. The minimum atomic E-state index is 0.477. The molecule has 0 radical (unpaired) electrons. The van der Waals surface area contributed by atoms with Crippen molar-refractivity contribution in [2.24, 2.45) is 0 Å². The third kappa shape index (κ3) is 0.809. The molecule has 0 aromatic carbocycles. The lowest BCUT2D eigenvalue weighted by Gasteiger charge is -2.03. The van der Waals surface area contributed by atoms with Crippen LogP contribution in [-0.4, -0.2) is 28.7 Å². The lowest BCUT2D eigenvalue weighted by atomic mass is 10.7. The van der Waals surface area contributed by atoms with Crippen LogP contribution in [-0.2, 0) is 4.74 Å². The number of ether oxygens (including phenoxy) is 1. The Morgan fingerprint density at radius 2 is 2.25 bits per heavy atom. The maximum atomic E-state index is 4.89. The lowest BCUT2D eigenvalue weighted by Crippen LogP contribution is -2.21. The third-order valence-electron chi connectivity index (χ3n) is 0.967. The second kappa shape index (κ2) is 1.95. The lowest BCUT2D eigenvalue weighted by molar-refractivity contribution is 0.378. The van der Waals surface area contributed by atoms with E-state index in [0.717, 1.165) is 4.99 Å². The first kappa shape index (κ1) is 5.91. The monoisotopic (exact) mass is 147 g/mol. The van der Waals surface area contributed by atoms with Gasteiger partial charge in [0.05, 0.1) is 0 Å². The van der Waals surface area contributed by atoms with E-state index in [2.05, 4.69) is 0 Å². The Balaban J connectivity index is 2.70. The zero-order chi connectivity index (χ0) is 6.15. The van der Waals surface area contributed by atoms with Crippen molar-refractivity contribution < 1.29 is 4.74 Å². The van der Waals surface area contributed by atoms with E-state index in [1.165, 1.54) is 0 Å². The van der Waals surface area contributed by atoms with Crippen molar-refractivity contribution in [3.8, 4) is 0 Å². The average Bonchev–Trinajstić information content (AvgIpc) is 1.98. The molecule has 0 atom stereocenters. The minimum absolute atomic E-state index is 0.477. The second-order valence-corrected chi connectivity index (χ2v) is 2.33. The molecule has 0 aromatic rings. The minimum Gasteiger partial charge on any atom is -0.463 e. The van der Waals surface area contributed by atoms with Crippen molar-refractivity contribution in [1.29, 1.82) is 0 Å². The summed E-state index contributed by atoms with van der Waals surface area (Å²) >= 11 is 9.57. The molecule has 1 heterocycles. The van der Waals surface area contributed by atoms with E-state index in [1.54, 1.807) is 11.9 Å². The molecule has 1 aliphatic heterocycles. The van der Waals surface area contributed by atoms with Crippen molar-refractivity contribution >= 4 is 34.6 Å². The topological polar surface area (TPSA) is 12.5 Å². The van der Waals surface area contributed by atoms with Gasteiger partial charge in [0.25, 0.3) is 5.17 Å². The summed E-state index contributed by atoms with van der Waals surface area (Å²) in [6.07, 6.45) is 0. The number of hydrogen-bond acceptors (Lipinski definition) is 3. The molecule has 1 fully saturated rings. The average molecular weight is 147 g/mol. The smallest absolute Gasteiger partial charge is 0.264 e. The molecule has 1 saturated heterocycles. The molecule has 8 heavy (non-hydrogen) atoms. The number of likely N-dealkylation sites (N-methyl/N-ethyl adjacent to an activating group) is 1. The van der Waals surface area contributed by atoms with Gasteiger partial charge in [0, 0.05) is 7.05 Å². The Hall–Kier alpha value is -0.220. The Labute approximate surface area is 58.4 Å². The van der Waals surface area contributed by atoms with Gasteiger partial charge in [-0.05, 0) is 12.2 Å². The van der Waals surface area contributed by atoms with Gasteiger partial charge in [-0.3, -0.25) is 4.90 Å². The Bertz CT molecular complexity index is 129. The van der Waals surface area contributed by atoms with Gasteiger partial charge in [-0.1, -0.05) is 12.2 Å². The number of thiocarbonyl (C=S) groups is 2. The molecule has 1 rings (SSSR count). The molecule has 0 unspecified atom stereocenters. The molecule has 0 bridgehead atoms. The Morgan fingerprint density at radius 1 is 1.62 bits per heavy atom. The molecule has 4 heteroatoms. The molecule has 0 N–H and O–H groups in total. The summed E-state index contributed by atoms with van der Waals surface area (Å²) in [6, 6.07) is 0. The van der Waals surface area contributed by atoms with Crippen molar-refractivity contribution in [3.63, 3.8) is 0 Å². The van der Waals surface area contributed by atoms with Crippen LogP contribution >= 0.6 is 24.4 Å². The molecular formula is C4H5NOS2. The summed E-state index contributed by atoms with van der Waals surface area (Å²) in [5, 5.41) is 0.481. The normalized spacial score (nSPS) is 19.4. The van der Waals surface area contributed by atoms with Gasteiger partial charge in [-0.15, -0.1) is 0 Å². The molecule has 0 aromatic heterocycles. The third-order valence-corrected chi connectivity index (χ3v) is 1.75. The summed E-state index contributed by atoms with van der Waals surface area (Å²) in [5.74, 6) is 0. The summed E-state index contributed by atoms with van der Waals surface area (Å²) in [6.45, 7) is 0.477. The van der Waals surface area contributed by atoms with E-state index in [-0.39, 0.29) is 0 Å². The molecular weight excluding hydrogens is 142 g/mol. The van der Waals surface area contributed by atoms with E-state index in [1.807, 2.05) is 0 Å². The highest BCUT2D eigenvalue weighted by Gasteiger charge is 2.18. The Morgan fingerprint density at radius 3 is 2.38 bits per heavy atom. The largest absolute Gasteiger partial charge is 0.463 e. The van der Waals surface area contributed by atoms with Crippen molar-refractivity contribution in [3.05, 3.63) is 0 Å². The van der Waals surface area contributed by atoms with Gasteiger partial charge < -0.3 is 4.74 Å². The van der Waals surface area contributed by atoms with Gasteiger partial charge in [0.1, 0.15) is 11.6 Å². The fourth-order valence-electron chi connectivity index (χ4n) is 0.419. The van der Waals surface area contributed by atoms with Gasteiger partial charge in [0.15, 0.2) is 0 Å². The summed E-state index contributed by atoms with van der Waals surface area (Å²) in [5.41, 5.74) is 0. The maximum absolute atomic E-state index is 4.89. The molecule has 0 saturated carbocycles. The number of nitrogens with zero attached hydrogens (tertiary/aromatic N) is 1. The molecule has 2 nitrogen and oxygen atoms in total. The zero-order valence-electron chi connectivity index (χ0n) is 4.38. The molecule has 0 spiro atoms. The molecule has 0 amide bonds. The van der Waals surface area contributed by atoms with E-state index in [0.29, 0.717) is 11.8 Å². The van der Waals surface area contributed by atoms with Crippen LogP contribution in [0.15, 0.2) is 0 Å². The van der Waals surface area contributed by atoms with Crippen LogP contribution in [0.5, 0.6) is 0 Å². The molecule has 44 valence electrons.